The molecule has 1 heterocycles. The molecule has 0 bridgehead atoms. The molecule has 0 atom stereocenters. The molecule has 2 rings (SSSR count). The standard InChI is InChI=1S/C10H12N4O4/c11-9(13-15)6-4-8(14(16)17)10(12-5-6)18-7-2-1-3-7/h4-5,7,15H,1-3H2,(H2,11,13). The number of ether oxygens (including phenoxy) is 1. The van der Waals surface area contributed by atoms with Crippen molar-refractivity contribution in [1.82, 2.24) is 4.98 Å². The second-order valence-electron chi connectivity index (χ2n) is 3.96. The van der Waals surface area contributed by atoms with E-state index in [4.69, 9.17) is 15.7 Å². The van der Waals surface area contributed by atoms with Crippen LogP contribution in [-0.4, -0.2) is 27.1 Å². The van der Waals surface area contributed by atoms with Gasteiger partial charge in [0.1, 0.15) is 6.10 Å². The second kappa shape index (κ2) is 4.86. The SMILES string of the molecule is NC(=NO)c1cnc(OC2CCC2)c([N+](=O)[O-])c1. The van der Waals surface area contributed by atoms with Crippen molar-refractivity contribution < 1.29 is 14.9 Å². The summed E-state index contributed by atoms with van der Waals surface area (Å²) in [6.45, 7) is 0. The Morgan fingerprint density at radius 1 is 1.67 bits per heavy atom. The highest BCUT2D eigenvalue weighted by Crippen LogP contribution is 2.30. The average Bonchev–Trinajstić information content (AvgIpc) is 2.32. The molecule has 8 heteroatoms. The van der Waals surface area contributed by atoms with E-state index in [0.717, 1.165) is 19.3 Å². The fraction of sp³-hybridized carbons (Fsp3) is 0.400. The Hall–Kier alpha value is -2.38. The first-order chi connectivity index (χ1) is 8.61. The number of pyridine rings is 1. The van der Waals surface area contributed by atoms with E-state index in [0.29, 0.717) is 0 Å². The van der Waals surface area contributed by atoms with Gasteiger partial charge in [0, 0.05) is 17.8 Å². The number of rotatable bonds is 4. The highest BCUT2D eigenvalue weighted by Gasteiger charge is 2.25. The van der Waals surface area contributed by atoms with Gasteiger partial charge in [0.25, 0.3) is 5.88 Å². The van der Waals surface area contributed by atoms with Gasteiger partial charge in [-0.2, -0.15) is 0 Å². The number of hydrogen-bond acceptors (Lipinski definition) is 6. The van der Waals surface area contributed by atoms with Gasteiger partial charge < -0.3 is 15.7 Å². The van der Waals surface area contributed by atoms with Crippen molar-refractivity contribution in [1.29, 1.82) is 0 Å². The van der Waals surface area contributed by atoms with Gasteiger partial charge in [0.05, 0.1) is 4.92 Å². The lowest BCUT2D eigenvalue weighted by Gasteiger charge is -2.25. The number of oxime groups is 1. The summed E-state index contributed by atoms with van der Waals surface area (Å²) in [7, 11) is 0. The molecule has 0 radical (unpaired) electrons. The van der Waals surface area contributed by atoms with Crippen LogP contribution < -0.4 is 10.5 Å². The lowest BCUT2D eigenvalue weighted by molar-refractivity contribution is -0.386. The quantitative estimate of drug-likeness (QED) is 0.271. The zero-order valence-corrected chi connectivity index (χ0v) is 9.44. The number of nitrogens with zero attached hydrogens (tertiary/aromatic N) is 3. The minimum Gasteiger partial charge on any atom is -0.469 e. The number of amidine groups is 1. The Bertz CT molecular complexity index is 499. The van der Waals surface area contributed by atoms with Crippen LogP contribution in [0.3, 0.4) is 0 Å². The van der Waals surface area contributed by atoms with Crippen molar-refractivity contribution in [3.05, 3.63) is 27.9 Å². The fourth-order valence-corrected chi connectivity index (χ4v) is 1.51. The molecule has 0 spiro atoms. The Morgan fingerprint density at radius 3 is 2.89 bits per heavy atom. The summed E-state index contributed by atoms with van der Waals surface area (Å²) >= 11 is 0. The van der Waals surface area contributed by atoms with Crippen molar-refractivity contribution >= 4 is 11.5 Å². The van der Waals surface area contributed by atoms with Crippen LogP contribution in [0.1, 0.15) is 24.8 Å². The lowest BCUT2D eigenvalue weighted by Crippen LogP contribution is -2.25. The minimum absolute atomic E-state index is 0.00842. The second-order valence-corrected chi connectivity index (χ2v) is 3.96. The van der Waals surface area contributed by atoms with E-state index in [1.807, 2.05) is 0 Å². The summed E-state index contributed by atoms with van der Waals surface area (Å²) < 4.78 is 5.42. The fourth-order valence-electron chi connectivity index (χ4n) is 1.51. The largest absolute Gasteiger partial charge is 0.469 e. The van der Waals surface area contributed by atoms with Crippen LogP contribution in [0.15, 0.2) is 17.4 Å². The van der Waals surface area contributed by atoms with Crippen molar-refractivity contribution in [2.45, 2.75) is 25.4 Å². The Morgan fingerprint density at radius 2 is 2.39 bits per heavy atom. The maximum Gasteiger partial charge on any atom is 0.331 e. The van der Waals surface area contributed by atoms with E-state index in [9.17, 15) is 10.1 Å². The van der Waals surface area contributed by atoms with Crippen LogP contribution in [0, 0.1) is 10.1 Å². The van der Waals surface area contributed by atoms with Gasteiger partial charge in [0.2, 0.25) is 0 Å². The summed E-state index contributed by atoms with van der Waals surface area (Å²) in [6.07, 6.45) is 4.07. The van der Waals surface area contributed by atoms with Gasteiger partial charge in [-0.3, -0.25) is 10.1 Å². The Kier molecular flexibility index (Phi) is 3.26. The third kappa shape index (κ3) is 2.31. The maximum atomic E-state index is 10.9. The molecule has 96 valence electrons. The third-order valence-electron chi connectivity index (χ3n) is 2.76. The number of nitro groups is 1. The van der Waals surface area contributed by atoms with E-state index in [2.05, 4.69) is 10.1 Å². The van der Waals surface area contributed by atoms with E-state index in [1.165, 1.54) is 12.3 Å². The van der Waals surface area contributed by atoms with Crippen molar-refractivity contribution in [2.75, 3.05) is 0 Å². The minimum atomic E-state index is -0.602. The number of aromatic nitrogens is 1. The maximum absolute atomic E-state index is 10.9. The van der Waals surface area contributed by atoms with Gasteiger partial charge in [-0.25, -0.2) is 4.98 Å². The highest BCUT2D eigenvalue weighted by molar-refractivity contribution is 5.97. The third-order valence-corrected chi connectivity index (χ3v) is 2.76. The first kappa shape index (κ1) is 12.1. The molecule has 1 aromatic rings. The van der Waals surface area contributed by atoms with Gasteiger partial charge in [0.15, 0.2) is 5.84 Å². The van der Waals surface area contributed by atoms with Crippen LogP contribution in [0.25, 0.3) is 0 Å². The average molecular weight is 252 g/mol. The monoisotopic (exact) mass is 252 g/mol. The molecule has 1 aliphatic carbocycles. The van der Waals surface area contributed by atoms with Crippen LogP contribution >= 0.6 is 0 Å². The summed E-state index contributed by atoms with van der Waals surface area (Å²) in [5.41, 5.74) is 5.23. The smallest absolute Gasteiger partial charge is 0.331 e. The summed E-state index contributed by atoms with van der Waals surface area (Å²) in [5, 5.41) is 22.2. The number of nitrogens with two attached hydrogens (primary N) is 1. The molecule has 3 N–H and O–H groups in total. The molecule has 18 heavy (non-hydrogen) atoms. The van der Waals surface area contributed by atoms with Crippen LogP contribution in [0.4, 0.5) is 5.69 Å². The van der Waals surface area contributed by atoms with Gasteiger partial charge in [-0.15, -0.1) is 0 Å². The predicted octanol–water partition coefficient (Wildman–Crippen LogP) is 1.02. The van der Waals surface area contributed by atoms with Gasteiger partial charge >= 0.3 is 5.69 Å². The summed E-state index contributed by atoms with van der Waals surface area (Å²) in [6, 6.07) is 1.18. The molecule has 1 aliphatic rings. The molecular formula is C10H12N4O4. The van der Waals surface area contributed by atoms with Crippen molar-refractivity contribution in [3.63, 3.8) is 0 Å². The summed E-state index contributed by atoms with van der Waals surface area (Å²) in [5.74, 6) is -0.264. The number of hydrogen-bond donors (Lipinski definition) is 2. The van der Waals surface area contributed by atoms with Gasteiger partial charge in [-0.05, 0) is 19.3 Å². The molecule has 1 saturated carbocycles. The van der Waals surface area contributed by atoms with Crippen molar-refractivity contribution in [3.8, 4) is 5.88 Å². The zero-order chi connectivity index (χ0) is 13.1. The van der Waals surface area contributed by atoms with Crippen molar-refractivity contribution in [2.24, 2.45) is 10.9 Å². The first-order valence-corrected chi connectivity index (χ1v) is 5.41. The van der Waals surface area contributed by atoms with Crippen LogP contribution in [0.5, 0.6) is 5.88 Å². The molecule has 0 aliphatic heterocycles. The van der Waals surface area contributed by atoms with E-state index in [-0.39, 0.29) is 29.1 Å². The summed E-state index contributed by atoms with van der Waals surface area (Å²) in [4.78, 5) is 14.2. The van der Waals surface area contributed by atoms with Crippen LogP contribution in [0.2, 0.25) is 0 Å². The van der Waals surface area contributed by atoms with E-state index in [1.54, 1.807) is 0 Å². The zero-order valence-electron chi connectivity index (χ0n) is 9.44. The molecule has 0 amide bonds. The first-order valence-electron chi connectivity index (χ1n) is 5.41. The lowest BCUT2D eigenvalue weighted by atomic mass is 9.96. The molecule has 8 nitrogen and oxygen atoms in total. The van der Waals surface area contributed by atoms with E-state index >= 15 is 0 Å². The molecule has 0 aromatic carbocycles. The molecule has 1 fully saturated rings. The van der Waals surface area contributed by atoms with E-state index < -0.39 is 4.92 Å². The van der Waals surface area contributed by atoms with Crippen LogP contribution in [-0.2, 0) is 0 Å². The Labute approximate surface area is 102 Å². The molecular weight excluding hydrogens is 240 g/mol. The molecule has 0 saturated heterocycles. The highest BCUT2D eigenvalue weighted by atomic mass is 16.6. The topological polar surface area (TPSA) is 124 Å². The Balaban J connectivity index is 2.31. The molecule has 0 unspecified atom stereocenters. The van der Waals surface area contributed by atoms with Gasteiger partial charge in [-0.1, -0.05) is 5.16 Å². The molecule has 1 aromatic heterocycles. The normalized spacial score (nSPS) is 16.1. The predicted molar refractivity (Wildman–Crippen MR) is 61.7 cm³/mol.